The molecule has 1 atom stereocenters. The second kappa shape index (κ2) is 6.80. The third-order valence-electron chi connectivity index (χ3n) is 7.12. The molecule has 158 valence electrons. The lowest BCUT2D eigenvalue weighted by Crippen LogP contribution is -2.33. The fraction of sp³-hybridized carbons (Fsp3) is 0.233. The van der Waals surface area contributed by atoms with Gasteiger partial charge in [-0.2, -0.15) is 0 Å². The van der Waals surface area contributed by atoms with Gasteiger partial charge in [0.05, 0.1) is 0 Å². The molecule has 1 aliphatic heterocycles. The van der Waals surface area contributed by atoms with Crippen molar-refractivity contribution in [1.82, 2.24) is 0 Å². The highest BCUT2D eigenvalue weighted by Crippen LogP contribution is 2.51. The smallest absolute Gasteiger partial charge is 0.162 e. The van der Waals surface area contributed by atoms with Gasteiger partial charge in [-0.1, -0.05) is 74.0 Å². The molecule has 2 aliphatic rings. The fourth-order valence-corrected chi connectivity index (χ4v) is 5.64. The topological polar surface area (TPSA) is 29.1 Å². The highest BCUT2D eigenvalue weighted by Gasteiger charge is 2.41. The number of carbonyl (C=O) groups is 1. The molecule has 0 amide bonds. The summed E-state index contributed by atoms with van der Waals surface area (Å²) in [7, 11) is 0. The van der Waals surface area contributed by atoms with Gasteiger partial charge in [0.25, 0.3) is 0 Å². The van der Waals surface area contributed by atoms with Crippen LogP contribution in [0.5, 0.6) is 0 Å². The molecule has 6 rings (SSSR count). The van der Waals surface area contributed by atoms with Crippen LogP contribution in [0.2, 0.25) is 0 Å². The van der Waals surface area contributed by atoms with Crippen molar-refractivity contribution in [2.75, 3.05) is 5.32 Å². The molecule has 0 saturated carbocycles. The van der Waals surface area contributed by atoms with E-state index in [4.69, 9.17) is 0 Å². The van der Waals surface area contributed by atoms with E-state index in [9.17, 15) is 4.79 Å². The molecule has 4 aromatic rings. The van der Waals surface area contributed by atoms with E-state index in [2.05, 4.69) is 98.9 Å². The van der Waals surface area contributed by atoms with E-state index in [0.29, 0.717) is 6.42 Å². The Hall–Kier alpha value is -3.39. The molecule has 1 unspecified atom stereocenters. The Morgan fingerprint density at radius 3 is 2.31 bits per heavy atom. The molecule has 1 aliphatic carbocycles. The van der Waals surface area contributed by atoms with Crippen LogP contribution in [0, 0.1) is 12.3 Å². The minimum absolute atomic E-state index is 0.0225. The van der Waals surface area contributed by atoms with Gasteiger partial charge in [-0.3, -0.25) is 4.79 Å². The second-order valence-electron chi connectivity index (χ2n) is 10.2. The van der Waals surface area contributed by atoms with Gasteiger partial charge in [0.1, 0.15) is 0 Å². The highest BCUT2D eigenvalue weighted by molar-refractivity contribution is 6.07. The zero-order valence-electron chi connectivity index (χ0n) is 18.8. The summed E-state index contributed by atoms with van der Waals surface area (Å²) < 4.78 is 0. The first-order valence-electron chi connectivity index (χ1n) is 11.4. The van der Waals surface area contributed by atoms with Crippen LogP contribution >= 0.6 is 0 Å². The van der Waals surface area contributed by atoms with E-state index in [-0.39, 0.29) is 17.1 Å². The SMILES string of the molecule is Cc1ccc(C2C3=C(CC(C)(C)CC3=O)Nc3ccc4cc5ccccc5cc4c32)cc1. The van der Waals surface area contributed by atoms with Gasteiger partial charge in [0.15, 0.2) is 5.78 Å². The number of carbonyl (C=O) groups excluding carboxylic acids is 1. The number of benzene rings is 4. The van der Waals surface area contributed by atoms with Crippen molar-refractivity contribution in [2.45, 2.75) is 39.5 Å². The Morgan fingerprint density at radius 2 is 1.56 bits per heavy atom. The van der Waals surface area contributed by atoms with Crippen molar-refractivity contribution >= 4 is 33.0 Å². The number of ketones is 1. The summed E-state index contributed by atoms with van der Waals surface area (Å²) in [5.41, 5.74) is 6.82. The number of hydrogen-bond acceptors (Lipinski definition) is 2. The van der Waals surface area contributed by atoms with E-state index in [1.807, 2.05) is 0 Å². The average molecular weight is 418 g/mol. The quantitative estimate of drug-likeness (QED) is 0.325. The lowest BCUT2D eigenvalue weighted by Gasteiger charge is -2.40. The van der Waals surface area contributed by atoms with E-state index < -0.39 is 0 Å². The summed E-state index contributed by atoms with van der Waals surface area (Å²) in [5.74, 6) is 0.230. The Labute approximate surface area is 189 Å². The normalized spacial score (nSPS) is 19.6. The van der Waals surface area contributed by atoms with E-state index in [1.54, 1.807) is 0 Å². The van der Waals surface area contributed by atoms with E-state index in [0.717, 1.165) is 23.4 Å². The van der Waals surface area contributed by atoms with Crippen molar-refractivity contribution in [2.24, 2.45) is 5.41 Å². The maximum Gasteiger partial charge on any atom is 0.162 e. The van der Waals surface area contributed by atoms with Crippen molar-refractivity contribution in [1.29, 1.82) is 0 Å². The van der Waals surface area contributed by atoms with Crippen LogP contribution in [-0.2, 0) is 4.79 Å². The highest BCUT2D eigenvalue weighted by atomic mass is 16.1. The first-order valence-corrected chi connectivity index (χ1v) is 11.4. The number of anilines is 1. The van der Waals surface area contributed by atoms with Gasteiger partial charge in [0, 0.05) is 29.3 Å². The fourth-order valence-electron chi connectivity index (χ4n) is 5.64. The Morgan fingerprint density at radius 1 is 0.844 bits per heavy atom. The molecule has 2 heteroatoms. The number of nitrogens with one attached hydrogen (secondary N) is 1. The number of hydrogen-bond donors (Lipinski definition) is 1. The van der Waals surface area contributed by atoms with Crippen LogP contribution in [0.3, 0.4) is 0 Å². The zero-order chi connectivity index (χ0) is 22.0. The van der Waals surface area contributed by atoms with Crippen LogP contribution in [0.1, 0.15) is 49.3 Å². The van der Waals surface area contributed by atoms with Crippen LogP contribution in [0.25, 0.3) is 21.5 Å². The monoisotopic (exact) mass is 417 g/mol. The van der Waals surface area contributed by atoms with Crippen LogP contribution < -0.4 is 5.32 Å². The molecule has 0 spiro atoms. The van der Waals surface area contributed by atoms with Gasteiger partial charge >= 0.3 is 0 Å². The molecule has 1 N–H and O–H groups in total. The molecule has 0 aromatic heterocycles. The molecular weight excluding hydrogens is 390 g/mol. The summed E-state index contributed by atoms with van der Waals surface area (Å²) in [6, 6.07) is 26.2. The van der Waals surface area contributed by atoms with Gasteiger partial charge in [-0.05, 0) is 69.6 Å². The summed E-state index contributed by atoms with van der Waals surface area (Å²) in [5, 5.41) is 8.61. The average Bonchev–Trinajstić information content (AvgIpc) is 2.76. The summed E-state index contributed by atoms with van der Waals surface area (Å²) in [4.78, 5) is 13.6. The number of Topliss-reactive ketones (excluding diaryl/α,β-unsaturated/α-hetero) is 1. The molecule has 1 heterocycles. The third kappa shape index (κ3) is 2.97. The number of allylic oxidation sites excluding steroid dienone is 2. The maximum atomic E-state index is 13.6. The molecule has 4 aromatic carbocycles. The predicted octanol–water partition coefficient (Wildman–Crippen LogP) is 7.50. The van der Waals surface area contributed by atoms with E-state index >= 15 is 0 Å². The van der Waals surface area contributed by atoms with Crippen molar-refractivity contribution in [3.05, 3.63) is 101 Å². The first-order chi connectivity index (χ1) is 15.4. The largest absolute Gasteiger partial charge is 0.358 e. The summed E-state index contributed by atoms with van der Waals surface area (Å²) in [6.45, 7) is 6.50. The van der Waals surface area contributed by atoms with Gasteiger partial charge in [-0.25, -0.2) is 0 Å². The van der Waals surface area contributed by atoms with Gasteiger partial charge < -0.3 is 5.32 Å². The zero-order valence-corrected chi connectivity index (χ0v) is 18.8. The first kappa shape index (κ1) is 19.3. The van der Waals surface area contributed by atoms with Crippen LogP contribution in [0.4, 0.5) is 5.69 Å². The predicted molar refractivity (Wildman–Crippen MR) is 133 cm³/mol. The Kier molecular flexibility index (Phi) is 4.10. The summed E-state index contributed by atoms with van der Waals surface area (Å²) >= 11 is 0. The van der Waals surface area contributed by atoms with Crippen molar-refractivity contribution < 1.29 is 4.79 Å². The Balaban J connectivity index is 1.67. The number of fused-ring (bicyclic) bond motifs is 4. The van der Waals surface area contributed by atoms with Crippen molar-refractivity contribution in [3.8, 4) is 0 Å². The van der Waals surface area contributed by atoms with Gasteiger partial charge in [-0.15, -0.1) is 0 Å². The lowest BCUT2D eigenvalue weighted by molar-refractivity contribution is -0.118. The van der Waals surface area contributed by atoms with Crippen LogP contribution in [0.15, 0.2) is 84.1 Å². The molecule has 0 fully saturated rings. The minimum Gasteiger partial charge on any atom is -0.358 e. The third-order valence-corrected chi connectivity index (χ3v) is 7.12. The molecule has 32 heavy (non-hydrogen) atoms. The van der Waals surface area contributed by atoms with Crippen molar-refractivity contribution in [3.63, 3.8) is 0 Å². The van der Waals surface area contributed by atoms with E-state index in [1.165, 1.54) is 38.2 Å². The van der Waals surface area contributed by atoms with Gasteiger partial charge in [0.2, 0.25) is 0 Å². The number of aryl methyl sites for hydroxylation is 1. The maximum absolute atomic E-state index is 13.6. The molecular formula is C30H27NO. The summed E-state index contributed by atoms with van der Waals surface area (Å²) in [6.07, 6.45) is 1.49. The second-order valence-corrected chi connectivity index (χ2v) is 10.2. The molecule has 0 radical (unpaired) electrons. The van der Waals surface area contributed by atoms with Crippen LogP contribution in [-0.4, -0.2) is 5.78 Å². The lowest BCUT2D eigenvalue weighted by atomic mass is 9.68. The molecule has 2 nitrogen and oxygen atoms in total. The minimum atomic E-state index is -0.0460. The molecule has 0 bridgehead atoms. The number of rotatable bonds is 1. The standard InChI is InChI=1S/C30H27NO/c1-18-8-10-19(11-9-18)27-28-23-15-21-7-5-4-6-20(21)14-22(23)12-13-24(28)31-25-16-30(2,3)17-26(32)29(25)27/h4-15,27,31H,16-17H2,1-3H3. The molecule has 0 saturated heterocycles. The Bertz CT molecular complexity index is 1440.